The van der Waals surface area contributed by atoms with Gasteiger partial charge in [0.25, 0.3) is 0 Å². The molecule has 1 amide bonds. The van der Waals surface area contributed by atoms with Gasteiger partial charge >= 0.3 is 0 Å². The summed E-state index contributed by atoms with van der Waals surface area (Å²) in [5.74, 6) is -0.0169. The third-order valence-corrected chi connectivity index (χ3v) is 2.86. The molecule has 1 atom stereocenters. The molecule has 0 radical (unpaired) electrons. The minimum Gasteiger partial charge on any atom is -0.507 e. The van der Waals surface area contributed by atoms with Gasteiger partial charge in [-0.05, 0) is 19.4 Å². The summed E-state index contributed by atoms with van der Waals surface area (Å²) in [5, 5.41) is 22.0. The van der Waals surface area contributed by atoms with Crippen LogP contribution < -0.4 is 10.2 Å². The predicted molar refractivity (Wildman–Crippen MR) is 75.3 cm³/mol. The van der Waals surface area contributed by atoms with Crippen LogP contribution in [0.25, 0.3) is 0 Å². The van der Waals surface area contributed by atoms with Gasteiger partial charge in [-0.1, -0.05) is 13.0 Å². The van der Waals surface area contributed by atoms with E-state index in [1.54, 1.807) is 37.1 Å². The summed E-state index contributed by atoms with van der Waals surface area (Å²) in [7, 11) is 1.78. The number of nitrogens with one attached hydrogen (secondary N) is 1. The zero-order valence-electron chi connectivity index (χ0n) is 11.7. The van der Waals surface area contributed by atoms with Crippen molar-refractivity contribution in [2.24, 2.45) is 0 Å². The summed E-state index contributed by atoms with van der Waals surface area (Å²) >= 11 is 0. The largest absolute Gasteiger partial charge is 0.507 e. The van der Waals surface area contributed by atoms with E-state index in [1.165, 1.54) is 0 Å². The zero-order valence-corrected chi connectivity index (χ0v) is 11.7. The van der Waals surface area contributed by atoms with Crippen molar-refractivity contribution in [2.45, 2.75) is 26.4 Å². The van der Waals surface area contributed by atoms with E-state index in [4.69, 9.17) is 0 Å². The summed E-state index contributed by atoms with van der Waals surface area (Å²) in [6.45, 7) is 4.49. The number of carbonyl (C=O) groups excluding carboxylic acids is 1. The first-order chi connectivity index (χ1) is 8.95. The van der Waals surface area contributed by atoms with E-state index in [1.807, 2.05) is 6.92 Å². The number of phenolic OH excluding ortho intramolecular Hbond substituents is 1. The quantitative estimate of drug-likeness (QED) is 0.728. The molecule has 1 aromatic rings. The fourth-order valence-corrected chi connectivity index (χ4v) is 1.75. The van der Waals surface area contributed by atoms with Crippen molar-refractivity contribution >= 4 is 11.6 Å². The summed E-state index contributed by atoms with van der Waals surface area (Å²) in [4.78, 5) is 13.3. The highest BCUT2D eigenvalue weighted by molar-refractivity contribution is 5.81. The Hall–Kier alpha value is -1.75. The zero-order chi connectivity index (χ0) is 14.4. The molecule has 5 nitrogen and oxygen atoms in total. The van der Waals surface area contributed by atoms with Crippen molar-refractivity contribution < 1.29 is 15.0 Å². The molecular formula is C14H22N2O3. The van der Waals surface area contributed by atoms with Gasteiger partial charge in [0.05, 0.1) is 12.6 Å². The van der Waals surface area contributed by atoms with Gasteiger partial charge in [-0.15, -0.1) is 0 Å². The van der Waals surface area contributed by atoms with E-state index in [2.05, 4.69) is 5.32 Å². The van der Waals surface area contributed by atoms with Gasteiger partial charge in [-0.25, -0.2) is 0 Å². The van der Waals surface area contributed by atoms with Gasteiger partial charge in [0, 0.05) is 30.9 Å². The number of amides is 1. The van der Waals surface area contributed by atoms with Crippen LogP contribution in [0.4, 0.5) is 5.69 Å². The fraction of sp³-hybridized carbons (Fsp3) is 0.500. The number of likely N-dealkylation sites (N-methyl/N-ethyl adjacent to an activating group) is 1. The molecule has 0 fully saturated rings. The molecule has 0 aliphatic carbocycles. The molecule has 5 heteroatoms. The van der Waals surface area contributed by atoms with Crippen molar-refractivity contribution in [3.05, 3.63) is 23.8 Å². The molecule has 0 saturated carbocycles. The first kappa shape index (κ1) is 15.3. The third kappa shape index (κ3) is 4.44. The Kier molecular flexibility index (Phi) is 5.63. The number of anilines is 1. The van der Waals surface area contributed by atoms with E-state index >= 15 is 0 Å². The van der Waals surface area contributed by atoms with Crippen LogP contribution in [0.5, 0.6) is 5.75 Å². The predicted octanol–water partition coefficient (Wildman–Crippen LogP) is 1.41. The van der Waals surface area contributed by atoms with Crippen molar-refractivity contribution in [2.75, 3.05) is 25.0 Å². The van der Waals surface area contributed by atoms with E-state index in [0.29, 0.717) is 12.1 Å². The van der Waals surface area contributed by atoms with Gasteiger partial charge in [0.15, 0.2) is 0 Å². The number of benzene rings is 1. The average molecular weight is 266 g/mol. The first-order valence-electron chi connectivity index (χ1n) is 6.44. The Bertz CT molecular complexity index is 433. The second-order valence-corrected chi connectivity index (χ2v) is 4.63. The maximum atomic E-state index is 11.6. The lowest BCUT2D eigenvalue weighted by molar-refractivity contribution is -0.119. The monoisotopic (exact) mass is 266 g/mol. The lowest BCUT2D eigenvalue weighted by atomic mass is 10.1. The van der Waals surface area contributed by atoms with Crippen LogP contribution in [-0.4, -0.2) is 36.3 Å². The lowest BCUT2D eigenvalue weighted by Gasteiger charge is -2.20. The van der Waals surface area contributed by atoms with Crippen LogP contribution in [-0.2, 0) is 4.79 Å². The maximum Gasteiger partial charge on any atom is 0.239 e. The molecule has 0 saturated heterocycles. The molecule has 0 aromatic heterocycles. The van der Waals surface area contributed by atoms with Gasteiger partial charge in [-0.3, -0.25) is 4.79 Å². The van der Waals surface area contributed by atoms with Crippen molar-refractivity contribution in [3.8, 4) is 5.75 Å². The summed E-state index contributed by atoms with van der Waals surface area (Å²) in [6, 6.07) is 4.99. The summed E-state index contributed by atoms with van der Waals surface area (Å²) < 4.78 is 0. The number of aliphatic hydroxyl groups is 1. The molecule has 0 aliphatic heterocycles. The average Bonchev–Trinajstić information content (AvgIpc) is 2.35. The molecule has 1 rings (SSSR count). The van der Waals surface area contributed by atoms with Crippen molar-refractivity contribution in [1.82, 2.24) is 5.32 Å². The Labute approximate surface area is 113 Å². The molecule has 3 N–H and O–H groups in total. The van der Waals surface area contributed by atoms with E-state index < -0.39 is 6.10 Å². The van der Waals surface area contributed by atoms with Gasteiger partial charge < -0.3 is 20.4 Å². The van der Waals surface area contributed by atoms with Crippen molar-refractivity contribution in [1.29, 1.82) is 0 Å². The highest BCUT2D eigenvalue weighted by Gasteiger charge is 2.11. The van der Waals surface area contributed by atoms with Crippen LogP contribution in [0.1, 0.15) is 31.9 Å². The molecular weight excluding hydrogens is 244 g/mol. The minimum atomic E-state index is -0.716. The SMILES string of the molecule is CCCNC(=O)CN(C)c1ccc(C(C)O)c(O)c1. The van der Waals surface area contributed by atoms with Crippen molar-refractivity contribution in [3.63, 3.8) is 0 Å². The van der Waals surface area contributed by atoms with Gasteiger partial charge in [0.1, 0.15) is 5.75 Å². The Morgan fingerprint density at radius 1 is 1.47 bits per heavy atom. The fourth-order valence-electron chi connectivity index (χ4n) is 1.75. The van der Waals surface area contributed by atoms with E-state index in [0.717, 1.165) is 12.1 Å². The Morgan fingerprint density at radius 3 is 2.68 bits per heavy atom. The number of rotatable bonds is 6. The normalized spacial score (nSPS) is 12.0. The van der Waals surface area contributed by atoms with Crippen LogP contribution in [0.15, 0.2) is 18.2 Å². The topological polar surface area (TPSA) is 72.8 Å². The number of aliphatic hydroxyl groups excluding tert-OH is 1. The van der Waals surface area contributed by atoms with Gasteiger partial charge in [0.2, 0.25) is 5.91 Å². The second-order valence-electron chi connectivity index (χ2n) is 4.63. The summed E-state index contributed by atoms with van der Waals surface area (Å²) in [6.07, 6.45) is 0.187. The molecule has 0 aliphatic rings. The third-order valence-electron chi connectivity index (χ3n) is 2.86. The molecule has 0 bridgehead atoms. The van der Waals surface area contributed by atoms with Crippen LogP contribution in [0.3, 0.4) is 0 Å². The first-order valence-corrected chi connectivity index (χ1v) is 6.44. The number of carbonyl (C=O) groups is 1. The summed E-state index contributed by atoms with van der Waals surface area (Å²) in [5.41, 5.74) is 1.21. The maximum absolute atomic E-state index is 11.6. The lowest BCUT2D eigenvalue weighted by Crippen LogP contribution is -2.35. The van der Waals surface area contributed by atoms with E-state index in [9.17, 15) is 15.0 Å². The van der Waals surface area contributed by atoms with Gasteiger partial charge in [-0.2, -0.15) is 0 Å². The number of phenols is 1. The van der Waals surface area contributed by atoms with E-state index in [-0.39, 0.29) is 18.2 Å². The molecule has 1 aromatic carbocycles. The molecule has 106 valence electrons. The number of nitrogens with zero attached hydrogens (tertiary/aromatic N) is 1. The molecule has 19 heavy (non-hydrogen) atoms. The minimum absolute atomic E-state index is 0.0355. The van der Waals surface area contributed by atoms with Crippen LogP contribution >= 0.6 is 0 Å². The molecule has 0 heterocycles. The standard InChI is InChI=1S/C14H22N2O3/c1-4-7-15-14(19)9-16(3)11-5-6-12(10(2)17)13(18)8-11/h5-6,8,10,17-18H,4,7,9H2,1-3H3,(H,15,19). The second kappa shape index (κ2) is 6.99. The van der Waals surface area contributed by atoms with Crippen LogP contribution in [0.2, 0.25) is 0 Å². The smallest absolute Gasteiger partial charge is 0.239 e. The highest BCUT2D eigenvalue weighted by Crippen LogP contribution is 2.28. The number of aromatic hydroxyl groups is 1. The molecule has 0 spiro atoms. The Morgan fingerprint density at radius 2 is 2.16 bits per heavy atom. The highest BCUT2D eigenvalue weighted by atomic mass is 16.3. The number of hydrogen-bond donors (Lipinski definition) is 3. The Balaban J connectivity index is 2.70. The number of hydrogen-bond acceptors (Lipinski definition) is 4. The van der Waals surface area contributed by atoms with Crippen LogP contribution in [0, 0.1) is 0 Å². The molecule has 1 unspecified atom stereocenters.